The number of nitrogens with one attached hydrogen (secondary N) is 8. The lowest BCUT2D eigenvalue weighted by Gasteiger charge is -2.36. The van der Waals surface area contributed by atoms with E-state index in [4.69, 9.17) is 9.47 Å². The molecule has 0 aliphatic carbocycles. The van der Waals surface area contributed by atoms with E-state index in [1.807, 2.05) is 41.5 Å². The number of benzene rings is 2. The first-order valence-corrected chi connectivity index (χ1v) is 25.4. The molecular formula is C54H74Cl2N14O8. The Kier molecular flexibility index (Phi) is 22.6. The highest BCUT2D eigenvalue weighted by molar-refractivity contribution is 6.04. The Labute approximate surface area is 468 Å². The Hall–Kier alpha value is -7.24. The summed E-state index contributed by atoms with van der Waals surface area (Å²) >= 11 is 0. The van der Waals surface area contributed by atoms with Crippen LogP contribution in [-0.4, -0.2) is 156 Å². The van der Waals surface area contributed by atoms with Gasteiger partial charge in [-0.2, -0.15) is 0 Å². The Balaban J connectivity index is 0.00000656. The van der Waals surface area contributed by atoms with Crippen LogP contribution in [0.2, 0.25) is 0 Å². The summed E-state index contributed by atoms with van der Waals surface area (Å²) in [6.07, 6.45) is 4.93. The first kappa shape index (κ1) is 63.3. The molecule has 0 radical (unpaired) electrons. The molecule has 8 N–H and O–H groups in total. The van der Waals surface area contributed by atoms with Gasteiger partial charge in [-0.1, -0.05) is 53.4 Å². The van der Waals surface area contributed by atoms with Crippen LogP contribution in [0.15, 0.2) is 36.9 Å². The van der Waals surface area contributed by atoms with Gasteiger partial charge in [0.15, 0.2) is 0 Å². The minimum absolute atomic E-state index is 0. The SMILES string of the molecule is CN[C@@H](C)C(=O)N[C@H](C(=O)N1CCC[C@H]1C(=O)Nc1cc2c(NCC#CC#CCNc3ncnc4cc(OC)c(NC(=O)[C@@H]5CCCN5C(=O)[C@@H](NC(=O)[C@H](C)NC)C(C)(C)C)cc34)ncnc2cc1OC)C(C)(C)C.Cl.Cl. The molecule has 422 valence electrons. The van der Waals surface area contributed by atoms with Gasteiger partial charge in [0.05, 0.1) is 61.8 Å². The van der Waals surface area contributed by atoms with Gasteiger partial charge in [0.1, 0.15) is 60.0 Å². The maximum Gasteiger partial charge on any atom is 0.247 e. The minimum Gasteiger partial charge on any atom is -0.494 e. The van der Waals surface area contributed by atoms with Crippen molar-refractivity contribution < 1.29 is 38.2 Å². The lowest BCUT2D eigenvalue weighted by Crippen LogP contribution is -2.59. The number of methoxy groups -OCH3 is 2. The van der Waals surface area contributed by atoms with Crippen LogP contribution in [0.25, 0.3) is 21.8 Å². The fraction of sp³-hybridized carbons (Fsp3) is 0.519. The molecule has 2 fully saturated rings. The molecule has 4 aromatic rings. The third-order valence-electron chi connectivity index (χ3n) is 13.5. The van der Waals surface area contributed by atoms with Gasteiger partial charge >= 0.3 is 0 Å². The second-order valence-electron chi connectivity index (χ2n) is 20.9. The number of hydrogen-bond donors (Lipinski definition) is 8. The number of ether oxygens (including phenoxy) is 2. The summed E-state index contributed by atoms with van der Waals surface area (Å²) in [5.41, 5.74) is 0.574. The smallest absolute Gasteiger partial charge is 0.247 e. The molecule has 6 atom stereocenters. The van der Waals surface area contributed by atoms with Crippen molar-refractivity contribution in [3.63, 3.8) is 0 Å². The van der Waals surface area contributed by atoms with Crippen molar-refractivity contribution in [2.24, 2.45) is 10.8 Å². The zero-order valence-electron chi connectivity index (χ0n) is 46.4. The van der Waals surface area contributed by atoms with Gasteiger partial charge in [0.25, 0.3) is 0 Å². The molecule has 6 amide bonds. The van der Waals surface area contributed by atoms with Crippen LogP contribution in [0.1, 0.15) is 81.1 Å². The maximum absolute atomic E-state index is 14.0. The number of aromatic nitrogens is 4. The quantitative estimate of drug-likeness (QED) is 0.0652. The Morgan fingerprint density at radius 3 is 1.32 bits per heavy atom. The summed E-state index contributed by atoms with van der Waals surface area (Å²) in [6.45, 7) is 15.7. The summed E-state index contributed by atoms with van der Waals surface area (Å²) in [4.78, 5) is 102. The Morgan fingerprint density at radius 2 is 0.987 bits per heavy atom. The molecule has 0 saturated carbocycles. The molecule has 4 heterocycles. The van der Waals surface area contributed by atoms with Crippen LogP contribution in [0.5, 0.6) is 11.5 Å². The van der Waals surface area contributed by atoms with E-state index in [0.717, 1.165) is 0 Å². The molecule has 2 aromatic carbocycles. The summed E-state index contributed by atoms with van der Waals surface area (Å²) in [6, 6.07) is 2.52. The Morgan fingerprint density at radius 1 is 0.615 bits per heavy atom. The van der Waals surface area contributed by atoms with E-state index in [1.165, 1.54) is 26.9 Å². The highest BCUT2D eigenvalue weighted by atomic mass is 35.5. The van der Waals surface area contributed by atoms with E-state index < -0.39 is 58.9 Å². The van der Waals surface area contributed by atoms with E-state index >= 15 is 0 Å². The minimum atomic E-state index is -0.855. The summed E-state index contributed by atoms with van der Waals surface area (Å²) in [5.74, 6) is 11.2. The third kappa shape index (κ3) is 15.3. The number of nitrogens with zero attached hydrogens (tertiary/aromatic N) is 6. The molecule has 2 saturated heterocycles. The number of carbonyl (C=O) groups is 6. The zero-order chi connectivity index (χ0) is 55.5. The van der Waals surface area contributed by atoms with Crippen LogP contribution in [0.4, 0.5) is 23.0 Å². The third-order valence-corrected chi connectivity index (χ3v) is 13.5. The standard InChI is InChI=1S/C54H72N14O8.2ClH/c1-31(55-9)47(69)65-43(53(3,4)5)51(73)67-23-17-19-39(67)49(71)63-37-25-33-35(27-41(37)75-11)59-29-61-45(33)57-21-15-13-14-16-22-58-46-34-26-38(42(76-12)28-36(34)60-30-62-46)64-50(72)40-20-18-24-68(40)52(74)44(54(6,7)8)66-48(70)32(2)56-10;;/h25-32,39-40,43-44,55-56H,17-24H2,1-12H3,(H,63,71)(H,64,72)(H,65,69)(H,66,70)(H,57,59,61)(H,58,60,62);2*1H/t31-,32-,39-,40-,43+,44+;;/m0../s1. The second kappa shape index (κ2) is 27.9. The first-order valence-electron chi connectivity index (χ1n) is 25.4. The van der Waals surface area contributed by atoms with Gasteiger partial charge in [-0.15, -0.1) is 24.8 Å². The number of carbonyl (C=O) groups excluding carboxylic acids is 6. The molecule has 2 aliphatic rings. The van der Waals surface area contributed by atoms with E-state index in [2.05, 4.69) is 86.2 Å². The average Bonchev–Trinajstić information content (AvgIpc) is 4.13. The monoisotopic (exact) mass is 1120 g/mol. The van der Waals surface area contributed by atoms with E-state index in [1.54, 1.807) is 62.0 Å². The van der Waals surface area contributed by atoms with E-state index in [0.29, 0.717) is 95.1 Å². The summed E-state index contributed by atoms with van der Waals surface area (Å²) < 4.78 is 11.3. The number of anilines is 4. The highest BCUT2D eigenvalue weighted by Crippen LogP contribution is 2.35. The number of hydrogen-bond acceptors (Lipinski definition) is 16. The number of halogens is 2. The van der Waals surface area contributed by atoms with Crippen LogP contribution in [0.3, 0.4) is 0 Å². The predicted octanol–water partition coefficient (Wildman–Crippen LogP) is 4.10. The van der Waals surface area contributed by atoms with Crippen molar-refractivity contribution in [3.05, 3.63) is 36.9 Å². The van der Waals surface area contributed by atoms with Gasteiger partial charge in [-0.05, 0) is 88.4 Å². The number of likely N-dealkylation sites (tertiary alicyclic amines) is 2. The normalized spacial score (nSPS) is 16.5. The molecule has 2 aromatic heterocycles. The number of likely N-dealkylation sites (N-methyl/N-ethyl adjacent to an activating group) is 2. The molecule has 22 nitrogen and oxygen atoms in total. The molecule has 6 rings (SSSR count). The van der Waals surface area contributed by atoms with Crippen LogP contribution < -0.4 is 52.0 Å². The van der Waals surface area contributed by atoms with Gasteiger partial charge in [0, 0.05) is 36.0 Å². The van der Waals surface area contributed by atoms with Crippen LogP contribution in [-0.2, 0) is 28.8 Å². The van der Waals surface area contributed by atoms with Gasteiger partial charge < -0.3 is 61.8 Å². The fourth-order valence-electron chi connectivity index (χ4n) is 8.88. The van der Waals surface area contributed by atoms with Crippen molar-refractivity contribution >= 4 is 105 Å². The number of rotatable bonds is 18. The largest absolute Gasteiger partial charge is 0.494 e. The van der Waals surface area contributed by atoms with Crippen molar-refractivity contribution in [2.45, 2.75) is 117 Å². The van der Waals surface area contributed by atoms with Crippen molar-refractivity contribution in [1.82, 2.24) is 51.0 Å². The van der Waals surface area contributed by atoms with E-state index in [9.17, 15) is 28.8 Å². The first-order chi connectivity index (χ1) is 36.1. The average molecular weight is 1120 g/mol. The Bertz CT molecular complexity index is 2770. The topological polar surface area (TPSA) is 275 Å². The van der Waals surface area contributed by atoms with Crippen molar-refractivity contribution in [2.75, 3.05) is 75.8 Å². The number of amides is 6. The molecule has 24 heteroatoms. The van der Waals surface area contributed by atoms with Crippen molar-refractivity contribution in [1.29, 1.82) is 0 Å². The van der Waals surface area contributed by atoms with E-state index in [-0.39, 0.29) is 61.5 Å². The predicted molar refractivity (Wildman–Crippen MR) is 306 cm³/mol. The van der Waals surface area contributed by atoms with Crippen LogP contribution >= 0.6 is 24.8 Å². The van der Waals surface area contributed by atoms with Crippen molar-refractivity contribution in [3.8, 4) is 35.2 Å². The lowest BCUT2D eigenvalue weighted by molar-refractivity contribution is -0.143. The van der Waals surface area contributed by atoms with Gasteiger partial charge in [0.2, 0.25) is 35.4 Å². The summed E-state index contributed by atoms with van der Waals surface area (Å²) in [7, 11) is 6.31. The highest BCUT2D eigenvalue weighted by Gasteiger charge is 2.44. The number of fused-ring (bicyclic) bond motifs is 2. The lowest BCUT2D eigenvalue weighted by atomic mass is 9.85. The van der Waals surface area contributed by atoms with Gasteiger partial charge in [-0.25, -0.2) is 19.9 Å². The molecule has 0 spiro atoms. The maximum atomic E-state index is 14.0. The zero-order valence-corrected chi connectivity index (χ0v) is 48.0. The van der Waals surface area contributed by atoms with Gasteiger partial charge in [-0.3, -0.25) is 28.8 Å². The van der Waals surface area contributed by atoms with Crippen LogP contribution in [0, 0.1) is 34.5 Å². The summed E-state index contributed by atoms with van der Waals surface area (Å²) in [5, 5.41) is 25.1. The molecule has 0 unspecified atom stereocenters. The molecular weight excluding hydrogens is 1040 g/mol. The second-order valence-corrected chi connectivity index (χ2v) is 20.9. The molecule has 78 heavy (non-hydrogen) atoms. The fourth-order valence-corrected chi connectivity index (χ4v) is 8.88. The molecule has 2 aliphatic heterocycles. The molecule has 0 bridgehead atoms.